The number of allylic oxidation sites excluding steroid dienone is 1. The second-order valence-electron chi connectivity index (χ2n) is 5.61. The van der Waals surface area contributed by atoms with Gasteiger partial charge in [0.2, 0.25) is 0 Å². The van der Waals surface area contributed by atoms with Crippen molar-refractivity contribution in [2.45, 2.75) is 46.0 Å². The van der Waals surface area contributed by atoms with Crippen LogP contribution in [0.5, 0.6) is 0 Å². The molecule has 0 amide bonds. The van der Waals surface area contributed by atoms with E-state index in [0.717, 1.165) is 36.3 Å². The molecule has 0 bridgehead atoms. The molecule has 1 aromatic heterocycles. The van der Waals surface area contributed by atoms with Gasteiger partial charge in [-0.25, -0.2) is 4.68 Å². The fourth-order valence-electron chi connectivity index (χ4n) is 3.68. The van der Waals surface area contributed by atoms with Crippen LogP contribution >= 0.6 is 0 Å². The van der Waals surface area contributed by atoms with Crippen molar-refractivity contribution in [2.24, 2.45) is 17.8 Å². The third kappa shape index (κ3) is 1.72. The molecule has 0 aliphatic heterocycles. The van der Waals surface area contributed by atoms with Crippen molar-refractivity contribution in [3.63, 3.8) is 0 Å². The summed E-state index contributed by atoms with van der Waals surface area (Å²) in [6.45, 7) is 8.31. The molecule has 0 aromatic carbocycles. The molecule has 17 heavy (non-hydrogen) atoms. The number of nitrogens with zero attached hydrogens (tertiary/aromatic N) is 3. The molecule has 1 heterocycles. The Labute approximate surface area is 103 Å². The van der Waals surface area contributed by atoms with Gasteiger partial charge in [-0.3, -0.25) is 0 Å². The van der Waals surface area contributed by atoms with E-state index in [4.69, 9.17) is 0 Å². The predicted octanol–water partition coefficient (Wildman–Crippen LogP) is 2.92. The average molecular weight is 231 g/mol. The number of aromatic nitrogens is 3. The lowest BCUT2D eigenvalue weighted by atomic mass is 10.0. The Bertz CT molecular complexity index is 446. The quantitative estimate of drug-likeness (QED) is 0.783. The zero-order valence-electron chi connectivity index (χ0n) is 10.8. The average Bonchev–Trinajstić information content (AvgIpc) is 2.78. The second-order valence-corrected chi connectivity index (χ2v) is 5.61. The maximum Gasteiger partial charge on any atom is 0.0863 e. The first kappa shape index (κ1) is 11.0. The van der Waals surface area contributed by atoms with Gasteiger partial charge in [0.05, 0.1) is 11.4 Å². The smallest absolute Gasteiger partial charge is 0.0863 e. The molecule has 0 saturated heterocycles. The summed E-state index contributed by atoms with van der Waals surface area (Å²) < 4.78 is 1.94. The number of rotatable bonds is 2. The summed E-state index contributed by atoms with van der Waals surface area (Å²) in [5, 5.41) is 8.56. The van der Waals surface area contributed by atoms with Gasteiger partial charge >= 0.3 is 0 Å². The van der Waals surface area contributed by atoms with Gasteiger partial charge in [0.15, 0.2) is 0 Å². The van der Waals surface area contributed by atoms with E-state index >= 15 is 0 Å². The van der Waals surface area contributed by atoms with Gasteiger partial charge in [0.1, 0.15) is 0 Å². The highest BCUT2D eigenvalue weighted by Gasteiger charge is 2.48. The van der Waals surface area contributed by atoms with Crippen molar-refractivity contribution in [1.82, 2.24) is 15.0 Å². The summed E-state index contributed by atoms with van der Waals surface area (Å²) in [7, 11) is 0. The summed E-state index contributed by atoms with van der Waals surface area (Å²) in [4.78, 5) is 0. The first-order valence-corrected chi connectivity index (χ1v) is 6.81. The van der Waals surface area contributed by atoms with Crippen molar-refractivity contribution in [2.75, 3.05) is 0 Å². The Morgan fingerprint density at radius 2 is 2.06 bits per heavy atom. The molecule has 92 valence electrons. The predicted molar refractivity (Wildman–Crippen MR) is 68.4 cm³/mol. The first-order chi connectivity index (χ1) is 8.22. The van der Waals surface area contributed by atoms with Crippen LogP contribution in [0.1, 0.15) is 44.5 Å². The Balaban J connectivity index is 1.84. The molecule has 3 rings (SSSR count). The lowest BCUT2D eigenvalue weighted by Gasteiger charge is -2.10. The van der Waals surface area contributed by atoms with Gasteiger partial charge in [-0.2, -0.15) is 0 Å². The summed E-state index contributed by atoms with van der Waals surface area (Å²) in [6, 6.07) is 0. The van der Waals surface area contributed by atoms with Gasteiger partial charge in [-0.05, 0) is 50.4 Å². The number of fused-ring (bicyclic) bond motifs is 2. The van der Waals surface area contributed by atoms with Crippen LogP contribution < -0.4 is 0 Å². The van der Waals surface area contributed by atoms with Crippen molar-refractivity contribution >= 4 is 5.70 Å². The minimum absolute atomic E-state index is 0.974. The zero-order chi connectivity index (χ0) is 12.0. The van der Waals surface area contributed by atoms with Gasteiger partial charge in [0, 0.05) is 5.70 Å². The van der Waals surface area contributed by atoms with E-state index in [-0.39, 0.29) is 0 Å². The topological polar surface area (TPSA) is 30.7 Å². The van der Waals surface area contributed by atoms with Crippen molar-refractivity contribution in [3.8, 4) is 0 Å². The zero-order valence-corrected chi connectivity index (χ0v) is 10.8. The maximum absolute atomic E-state index is 4.34. The van der Waals surface area contributed by atoms with Crippen molar-refractivity contribution < 1.29 is 0 Å². The fraction of sp³-hybridized carbons (Fsp3) is 0.714. The van der Waals surface area contributed by atoms with Gasteiger partial charge in [-0.1, -0.05) is 25.1 Å². The summed E-state index contributed by atoms with van der Waals surface area (Å²) >= 11 is 0. The lowest BCUT2D eigenvalue weighted by Crippen LogP contribution is -2.06. The molecule has 2 aliphatic rings. The third-order valence-electron chi connectivity index (χ3n) is 4.61. The minimum Gasteiger partial charge on any atom is -0.222 e. The van der Waals surface area contributed by atoms with E-state index < -0.39 is 0 Å². The molecule has 3 nitrogen and oxygen atoms in total. The monoisotopic (exact) mass is 231 g/mol. The largest absolute Gasteiger partial charge is 0.222 e. The molecule has 2 unspecified atom stereocenters. The van der Waals surface area contributed by atoms with Crippen molar-refractivity contribution in [3.05, 3.63) is 18.0 Å². The van der Waals surface area contributed by atoms with Crippen LogP contribution in [0, 0.1) is 17.8 Å². The van der Waals surface area contributed by atoms with E-state index in [2.05, 4.69) is 23.8 Å². The van der Waals surface area contributed by atoms with E-state index in [1.807, 2.05) is 11.6 Å². The van der Waals surface area contributed by atoms with Crippen LogP contribution in [0.4, 0.5) is 0 Å². The SMILES string of the molecule is C=C(C)n1nnc2c1CCC1C(CC2)[C@H]1CC. The van der Waals surface area contributed by atoms with Crippen LogP contribution in [0.25, 0.3) is 5.70 Å². The van der Waals surface area contributed by atoms with Crippen LogP contribution in [-0.2, 0) is 12.8 Å². The highest BCUT2D eigenvalue weighted by atomic mass is 15.4. The van der Waals surface area contributed by atoms with Gasteiger partial charge in [0.25, 0.3) is 0 Å². The highest BCUT2D eigenvalue weighted by molar-refractivity contribution is 5.39. The van der Waals surface area contributed by atoms with E-state index in [1.165, 1.54) is 30.7 Å². The highest BCUT2D eigenvalue weighted by Crippen LogP contribution is 2.54. The number of hydrogen-bond acceptors (Lipinski definition) is 2. The molecular formula is C14H21N3. The van der Waals surface area contributed by atoms with Gasteiger partial charge in [-0.15, -0.1) is 5.10 Å². The summed E-state index contributed by atoms with van der Waals surface area (Å²) in [5.41, 5.74) is 3.52. The fourth-order valence-corrected chi connectivity index (χ4v) is 3.68. The third-order valence-corrected chi connectivity index (χ3v) is 4.61. The standard InChI is InChI=1S/C14H21N3/c1-4-10-11-5-7-13-14(8-6-12(10)11)17(9(2)3)16-15-13/h10-12H,2,4-8H2,1,3H3/t10-,11?,12?/m1/s1. The maximum atomic E-state index is 4.34. The Morgan fingerprint density at radius 1 is 1.35 bits per heavy atom. The Kier molecular flexibility index (Phi) is 2.57. The Morgan fingerprint density at radius 3 is 2.71 bits per heavy atom. The molecular weight excluding hydrogens is 210 g/mol. The number of hydrogen-bond donors (Lipinski definition) is 0. The van der Waals surface area contributed by atoms with Crippen LogP contribution in [-0.4, -0.2) is 15.0 Å². The molecule has 2 aliphatic carbocycles. The molecule has 1 saturated carbocycles. The Hall–Kier alpha value is -1.12. The first-order valence-electron chi connectivity index (χ1n) is 6.81. The molecule has 1 aromatic rings. The van der Waals surface area contributed by atoms with E-state index in [9.17, 15) is 0 Å². The van der Waals surface area contributed by atoms with Crippen LogP contribution in [0.2, 0.25) is 0 Å². The van der Waals surface area contributed by atoms with Crippen LogP contribution in [0.15, 0.2) is 6.58 Å². The second kappa shape index (κ2) is 3.97. The number of aryl methyl sites for hydroxylation is 1. The molecule has 0 radical (unpaired) electrons. The molecule has 0 N–H and O–H groups in total. The minimum atomic E-state index is 0.974. The van der Waals surface area contributed by atoms with Crippen LogP contribution in [0.3, 0.4) is 0 Å². The van der Waals surface area contributed by atoms with E-state index in [1.54, 1.807) is 0 Å². The van der Waals surface area contributed by atoms with Crippen molar-refractivity contribution in [1.29, 1.82) is 0 Å². The molecule has 3 heteroatoms. The normalized spacial score (nSPS) is 31.1. The lowest BCUT2D eigenvalue weighted by molar-refractivity contribution is 0.574. The summed E-state index contributed by atoms with van der Waals surface area (Å²) in [5.74, 6) is 2.94. The van der Waals surface area contributed by atoms with E-state index in [0.29, 0.717) is 0 Å². The van der Waals surface area contributed by atoms with Gasteiger partial charge < -0.3 is 0 Å². The molecule has 3 atom stereocenters. The molecule has 0 spiro atoms. The molecule has 1 fully saturated rings. The summed E-state index contributed by atoms with van der Waals surface area (Å²) in [6.07, 6.45) is 6.22.